The lowest BCUT2D eigenvalue weighted by molar-refractivity contribution is -0.124. The van der Waals surface area contributed by atoms with E-state index in [1.807, 2.05) is 24.7 Å². The average Bonchev–Trinajstić information content (AvgIpc) is 2.71. The summed E-state index contributed by atoms with van der Waals surface area (Å²) in [6, 6.07) is 0. The van der Waals surface area contributed by atoms with Crippen LogP contribution in [0.15, 0.2) is 6.20 Å². The quantitative estimate of drug-likeness (QED) is 0.687. The molecule has 1 aromatic heterocycles. The van der Waals surface area contributed by atoms with Gasteiger partial charge in [0.05, 0.1) is 16.3 Å². The lowest BCUT2D eigenvalue weighted by Crippen LogP contribution is -2.53. The van der Waals surface area contributed by atoms with Crippen molar-refractivity contribution in [2.45, 2.75) is 58.5 Å². The molecule has 0 saturated heterocycles. The van der Waals surface area contributed by atoms with Gasteiger partial charge < -0.3 is 11.1 Å². The summed E-state index contributed by atoms with van der Waals surface area (Å²) < 4.78 is 1.85. The minimum atomic E-state index is -0.617. The van der Waals surface area contributed by atoms with Crippen LogP contribution in [-0.2, 0) is 11.3 Å². The van der Waals surface area contributed by atoms with Crippen LogP contribution in [0, 0.1) is 6.92 Å². The maximum absolute atomic E-state index is 11.6. The number of nitrogens with one attached hydrogen (secondary N) is 1. The van der Waals surface area contributed by atoms with E-state index in [2.05, 4.69) is 17.3 Å². The molecule has 3 N–H and O–H groups in total. The van der Waals surface area contributed by atoms with Crippen LogP contribution in [0.3, 0.4) is 0 Å². The minimum absolute atomic E-state index is 0.288. The maximum atomic E-state index is 11.6. The summed E-state index contributed by atoms with van der Waals surface area (Å²) in [6.07, 6.45) is 5.39. The Morgan fingerprint density at radius 1 is 1.55 bits per heavy atom. The molecule has 5 nitrogen and oxygen atoms in total. The number of unbranched alkanes of at least 4 members (excludes halogenated alkanes) is 1. The molecule has 0 spiro atoms. The standard InChI is InChI=1S/C14H25ClN4O/c1-4-8-17-14(3,13(16)20)7-5-6-9-19-10-12(15)11(2)18-19/h10,17H,4-9H2,1-3H3,(H2,16,20). The molecule has 20 heavy (non-hydrogen) atoms. The van der Waals surface area contributed by atoms with E-state index in [-0.39, 0.29) is 5.91 Å². The number of aryl methyl sites for hydroxylation is 2. The number of halogens is 1. The molecule has 0 radical (unpaired) electrons. The lowest BCUT2D eigenvalue weighted by atomic mass is 9.94. The number of carbonyl (C=O) groups excluding carboxylic acids is 1. The SMILES string of the molecule is CCCNC(C)(CCCCn1cc(Cl)c(C)n1)C(N)=O. The number of hydrogen-bond donors (Lipinski definition) is 2. The topological polar surface area (TPSA) is 72.9 Å². The van der Waals surface area contributed by atoms with Gasteiger partial charge in [0.2, 0.25) is 5.91 Å². The fourth-order valence-corrected chi connectivity index (χ4v) is 2.21. The molecule has 6 heteroatoms. The summed E-state index contributed by atoms with van der Waals surface area (Å²) in [4.78, 5) is 11.6. The molecule has 114 valence electrons. The zero-order chi connectivity index (χ0) is 15.2. The molecule has 0 bridgehead atoms. The van der Waals surface area contributed by atoms with E-state index in [1.54, 1.807) is 0 Å². The number of aromatic nitrogens is 2. The Kier molecular flexibility index (Phi) is 6.49. The third-order valence-electron chi connectivity index (χ3n) is 3.51. The van der Waals surface area contributed by atoms with Gasteiger partial charge in [-0.25, -0.2) is 0 Å². The highest BCUT2D eigenvalue weighted by molar-refractivity contribution is 6.31. The van der Waals surface area contributed by atoms with Crippen molar-refractivity contribution in [3.8, 4) is 0 Å². The number of nitrogens with zero attached hydrogens (tertiary/aromatic N) is 2. The molecule has 1 rings (SSSR count). The smallest absolute Gasteiger partial charge is 0.237 e. The van der Waals surface area contributed by atoms with E-state index in [9.17, 15) is 4.79 Å². The highest BCUT2D eigenvalue weighted by Crippen LogP contribution is 2.16. The number of rotatable bonds is 9. The first-order chi connectivity index (χ1) is 9.39. The molecule has 0 fully saturated rings. The van der Waals surface area contributed by atoms with Crippen molar-refractivity contribution in [1.82, 2.24) is 15.1 Å². The predicted octanol–water partition coefficient (Wildman–Crippen LogP) is 2.26. The van der Waals surface area contributed by atoms with Crippen molar-refractivity contribution in [2.75, 3.05) is 6.54 Å². The lowest BCUT2D eigenvalue weighted by Gasteiger charge is -2.27. The van der Waals surface area contributed by atoms with E-state index in [0.717, 1.165) is 44.5 Å². The molecule has 0 aliphatic heterocycles. The fourth-order valence-electron chi connectivity index (χ4n) is 2.06. The largest absolute Gasteiger partial charge is 0.368 e. The molecule has 1 aromatic rings. The molecular formula is C14H25ClN4O. The van der Waals surface area contributed by atoms with E-state index < -0.39 is 5.54 Å². The second-order valence-electron chi connectivity index (χ2n) is 5.41. The van der Waals surface area contributed by atoms with E-state index in [1.165, 1.54) is 0 Å². The van der Waals surface area contributed by atoms with Crippen LogP contribution >= 0.6 is 11.6 Å². The van der Waals surface area contributed by atoms with Gasteiger partial charge >= 0.3 is 0 Å². The van der Waals surface area contributed by atoms with Crippen molar-refractivity contribution in [2.24, 2.45) is 5.73 Å². The number of amides is 1. The van der Waals surface area contributed by atoms with Crippen molar-refractivity contribution >= 4 is 17.5 Å². The zero-order valence-corrected chi connectivity index (χ0v) is 13.3. The van der Waals surface area contributed by atoms with Crippen LogP contribution in [0.4, 0.5) is 0 Å². The van der Waals surface area contributed by atoms with Gasteiger partial charge in [-0.2, -0.15) is 5.10 Å². The van der Waals surface area contributed by atoms with Crippen LogP contribution in [0.1, 0.15) is 45.2 Å². The summed E-state index contributed by atoms with van der Waals surface area (Å²) >= 11 is 5.96. The fraction of sp³-hybridized carbons (Fsp3) is 0.714. The Morgan fingerprint density at radius 3 is 2.75 bits per heavy atom. The van der Waals surface area contributed by atoms with Gasteiger partial charge in [-0.3, -0.25) is 9.48 Å². The Morgan fingerprint density at radius 2 is 2.25 bits per heavy atom. The van der Waals surface area contributed by atoms with Crippen molar-refractivity contribution < 1.29 is 4.79 Å². The summed E-state index contributed by atoms with van der Waals surface area (Å²) in [5.41, 5.74) is 5.72. The van der Waals surface area contributed by atoms with Crippen LogP contribution in [-0.4, -0.2) is 27.8 Å². The normalized spacial score (nSPS) is 14.2. The second kappa shape index (κ2) is 7.64. The monoisotopic (exact) mass is 300 g/mol. The van der Waals surface area contributed by atoms with Gasteiger partial charge in [0.15, 0.2) is 0 Å². The molecule has 0 aliphatic carbocycles. The van der Waals surface area contributed by atoms with Crippen molar-refractivity contribution in [3.63, 3.8) is 0 Å². The summed E-state index contributed by atoms with van der Waals surface area (Å²) in [5.74, 6) is -0.288. The average molecular weight is 301 g/mol. The summed E-state index contributed by atoms with van der Waals surface area (Å²) in [7, 11) is 0. The number of primary amides is 1. The summed E-state index contributed by atoms with van der Waals surface area (Å²) in [6.45, 7) is 7.43. The van der Waals surface area contributed by atoms with Crippen molar-refractivity contribution in [1.29, 1.82) is 0 Å². The van der Waals surface area contributed by atoms with Crippen molar-refractivity contribution in [3.05, 3.63) is 16.9 Å². The highest BCUT2D eigenvalue weighted by Gasteiger charge is 2.29. The van der Waals surface area contributed by atoms with E-state index >= 15 is 0 Å². The minimum Gasteiger partial charge on any atom is -0.368 e. The second-order valence-corrected chi connectivity index (χ2v) is 5.81. The third-order valence-corrected chi connectivity index (χ3v) is 3.88. The first kappa shape index (κ1) is 17.0. The highest BCUT2D eigenvalue weighted by atomic mass is 35.5. The van der Waals surface area contributed by atoms with Crippen LogP contribution in [0.25, 0.3) is 0 Å². The maximum Gasteiger partial charge on any atom is 0.237 e. The van der Waals surface area contributed by atoms with Crippen LogP contribution in [0.2, 0.25) is 5.02 Å². The molecule has 1 amide bonds. The van der Waals surface area contributed by atoms with E-state index in [4.69, 9.17) is 17.3 Å². The molecule has 0 aromatic carbocycles. The van der Waals surface area contributed by atoms with Gasteiger partial charge in [0.25, 0.3) is 0 Å². The van der Waals surface area contributed by atoms with E-state index in [0.29, 0.717) is 5.02 Å². The Bertz CT molecular complexity index is 427. The summed E-state index contributed by atoms with van der Waals surface area (Å²) in [5, 5.41) is 8.24. The predicted molar refractivity (Wildman–Crippen MR) is 81.7 cm³/mol. The number of hydrogen-bond acceptors (Lipinski definition) is 3. The van der Waals surface area contributed by atoms with Gasteiger partial charge in [0.1, 0.15) is 0 Å². The molecule has 0 aliphatic rings. The van der Waals surface area contributed by atoms with Crippen LogP contribution < -0.4 is 11.1 Å². The Balaban J connectivity index is 2.39. The first-order valence-corrected chi connectivity index (χ1v) is 7.51. The molecule has 0 saturated carbocycles. The number of nitrogens with two attached hydrogens (primary N) is 1. The van der Waals surface area contributed by atoms with Gasteiger partial charge in [-0.05, 0) is 46.1 Å². The molecule has 1 atom stereocenters. The zero-order valence-electron chi connectivity index (χ0n) is 12.6. The molecular weight excluding hydrogens is 276 g/mol. The Labute approximate surface area is 125 Å². The molecule has 1 heterocycles. The van der Waals surface area contributed by atoms with Gasteiger partial charge in [0, 0.05) is 12.7 Å². The molecule has 1 unspecified atom stereocenters. The van der Waals surface area contributed by atoms with Crippen LogP contribution in [0.5, 0.6) is 0 Å². The van der Waals surface area contributed by atoms with Gasteiger partial charge in [-0.1, -0.05) is 18.5 Å². The third kappa shape index (κ3) is 4.80. The number of carbonyl (C=O) groups is 1. The Hall–Kier alpha value is -1.07. The first-order valence-electron chi connectivity index (χ1n) is 7.13. The van der Waals surface area contributed by atoms with Gasteiger partial charge in [-0.15, -0.1) is 0 Å².